The van der Waals surface area contributed by atoms with Crippen LogP contribution >= 0.6 is 15.9 Å². The van der Waals surface area contributed by atoms with Gasteiger partial charge in [-0.25, -0.2) is 15.3 Å². The van der Waals surface area contributed by atoms with Gasteiger partial charge in [0, 0.05) is 6.20 Å². The summed E-state index contributed by atoms with van der Waals surface area (Å²) in [7, 11) is 0. The van der Waals surface area contributed by atoms with E-state index in [9.17, 15) is 4.79 Å². The number of terminal acetylenes is 1. The Morgan fingerprint density at radius 1 is 1.80 bits per heavy atom. The molecule has 15 heavy (non-hydrogen) atoms. The second-order valence-corrected chi connectivity index (χ2v) is 3.31. The lowest BCUT2D eigenvalue weighted by atomic mass is 10.3. The first-order valence-electron chi connectivity index (χ1n) is 3.85. The quantitative estimate of drug-likeness (QED) is 0.493. The van der Waals surface area contributed by atoms with Crippen LogP contribution in [0.1, 0.15) is 10.4 Å². The zero-order chi connectivity index (χ0) is 11.3. The maximum Gasteiger partial charge on any atom is 0.337 e. The van der Waals surface area contributed by atoms with Gasteiger partial charge in [-0.05, 0) is 22.0 Å². The van der Waals surface area contributed by atoms with Crippen LogP contribution in [0.3, 0.4) is 0 Å². The van der Waals surface area contributed by atoms with Crippen molar-refractivity contribution in [3.05, 3.63) is 22.3 Å². The predicted molar refractivity (Wildman–Crippen MR) is 57.3 cm³/mol. The second-order valence-electron chi connectivity index (χ2n) is 2.45. The topological polar surface area (TPSA) is 71.5 Å². The van der Waals surface area contributed by atoms with E-state index in [1.165, 1.54) is 12.3 Å². The highest BCUT2D eigenvalue weighted by Crippen LogP contribution is 2.20. The summed E-state index contributed by atoms with van der Waals surface area (Å²) in [5.41, 5.74) is 2.57. The number of pyridine rings is 1. The summed E-state index contributed by atoms with van der Waals surface area (Å²) in [6.07, 6.45) is 6.19. The molecule has 1 aromatic rings. The Morgan fingerprint density at radius 3 is 3.07 bits per heavy atom. The molecule has 0 saturated carbocycles. The van der Waals surface area contributed by atoms with E-state index in [1.807, 2.05) is 0 Å². The number of nitrogens with zero attached hydrogens (tertiary/aromatic N) is 1. The molecule has 0 atom stereocenters. The SMILES string of the molecule is C#CCONc1ncc(C(=O)O)cc1Br. The smallest absolute Gasteiger partial charge is 0.337 e. The molecule has 0 radical (unpaired) electrons. The van der Waals surface area contributed by atoms with Gasteiger partial charge in [0.2, 0.25) is 0 Å². The number of halogens is 1. The average molecular weight is 271 g/mol. The Bertz CT molecular complexity index is 414. The summed E-state index contributed by atoms with van der Waals surface area (Å²) in [6.45, 7) is 0.0921. The third-order valence-electron chi connectivity index (χ3n) is 1.41. The highest BCUT2D eigenvalue weighted by atomic mass is 79.9. The lowest BCUT2D eigenvalue weighted by molar-refractivity contribution is 0.0696. The van der Waals surface area contributed by atoms with E-state index in [0.29, 0.717) is 10.3 Å². The number of aromatic carboxylic acids is 1. The maximum absolute atomic E-state index is 10.6. The van der Waals surface area contributed by atoms with Crippen molar-refractivity contribution in [2.45, 2.75) is 0 Å². The molecule has 1 heterocycles. The molecular weight excluding hydrogens is 264 g/mol. The van der Waals surface area contributed by atoms with Crippen molar-refractivity contribution in [3.8, 4) is 12.3 Å². The van der Waals surface area contributed by atoms with Crippen molar-refractivity contribution in [1.82, 2.24) is 4.98 Å². The van der Waals surface area contributed by atoms with E-state index in [0.717, 1.165) is 0 Å². The number of anilines is 1. The Hall–Kier alpha value is -1.58. The van der Waals surface area contributed by atoms with Crippen LogP contribution in [-0.2, 0) is 4.84 Å². The zero-order valence-corrected chi connectivity index (χ0v) is 9.11. The standard InChI is InChI=1S/C9H7BrN2O3/c1-2-3-15-12-8-7(10)4-6(5-11-8)9(13)14/h1,4-5H,3H2,(H,11,12)(H,13,14). The minimum absolute atomic E-state index is 0.0874. The third-order valence-corrected chi connectivity index (χ3v) is 2.02. The first-order valence-corrected chi connectivity index (χ1v) is 4.64. The minimum Gasteiger partial charge on any atom is -0.478 e. The lowest BCUT2D eigenvalue weighted by Gasteiger charge is -2.05. The number of carboxylic acid groups (broad SMARTS) is 1. The molecule has 0 aliphatic heterocycles. The number of hydrogen-bond acceptors (Lipinski definition) is 4. The van der Waals surface area contributed by atoms with Crippen molar-refractivity contribution < 1.29 is 14.7 Å². The Labute approximate surface area is 94.6 Å². The molecule has 0 spiro atoms. The number of hydrogen-bond donors (Lipinski definition) is 2. The molecule has 78 valence electrons. The van der Waals surface area contributed by atoms with Gasteiger partial charge in [0.25, 0.3) is 0 Å². The van der Waals surface area contributed by atoms with E-state index in [2.05, 4.69) is 32.3 Å². The molecule has 0 bridgehead atoms. The summed E-state index contributed by atoms with van der Waals surface area (Å²) in [4.78, 5) is 19.2. The van der Waals surface area contributed by atoms with Gasteiger partial charge in [0.1, 0.15) is 6.61 Å². The molecule has 2 N–H and O–H groups in total. The van der Waals surface area contributed by atoms with E-state index in [-0.39, 0.29) is 12.2 Å². The van der Waals surface area contributed by atoms with Crippen LogP contribution in [0.2, 0.25) is 0 Å². The van der Waals surface area contributed by atoms with Crippen molar-refractivity contribution in [1.29, 1.82) is 0 Å². The fourth-order valence-corrected chi connectivity index (χ4v) is 1.21. The summed E-state index contributed by atoms with van der Waals surface area (Å²) in [5.74, 6) is 1.59. The van der Waals surface area contributed by atoms with Gasteiger partial charge in [0.15, 0.2) is 5.82 Å². The van der Waals surface area contributed by atoms with E-state index in [1.54, 1.807) is 0 Å². The van der Waals surface area contributed by atoms with E-state index in [4.69, 9.17) is 16.4 Å². The third kappa shape index (κ3) is 3.23. The molecule has 1 aromatic heterocycles. The summed E-state index contributed by atoms with van der Waals surface area (Å²) in [6, 6.07) is 1.41. The van der Waals surface area contributed by atoms with Gasteiger partial charge in [-0.15, -0.1) is 6.42 Å². The molecule has 6 heteroatoms. The lowest BCUT2D eigenvalue weighted by Crippen LogP contribution is -2.05. The van der Waals surface area contributed by atoms with Crippen LogP contribution in [0.15, 0.2) is 16.7 Å². The van der Waals surface area contributed by atoms with Crippen molar-refractivity contribution in [3.63, 3.8) is 0 Å². The van der Waals surface area contributed by atoms with Gasteiger partial charge in [-0.2, -0.15) is 0 Å². The monoisotopic (exact) mass is 270 g/mol. The van der Waals surface area contributed by atoms with Gasteiger partial charge in [0.05, 0.1) is 10.0 Å². The highest BCUT2D eigenvalue weighted by Gasteiger charge is 2.07. The largest absolute Gasteiger partial charge is 0.478 e. The Kier molecular flexibility index (Phi) is 4.09. The van der Waals surface area contributed by atoms with Crippen LogP contribution in [-0.4, -0.2) is 22.7 Å². The number of carbonyl (C=O) groups is 1. The van der Waals surface area contributed by atoms with Crippen LogP contribution in [0.5, 0.6) is 0 Å². The number of aromatic nitrogens is 1. The molecular formula is C9H7BrN2O3. The minimum atomic E-state index is -1.04. The number of carboxylic acids is 1. The fraction of sp³-hybridized carbons (Fsp3) is 0.111. The maximum atomic E-state index is 10.6. The number of nitrogens with one attached hydrogen (secondary N) is 1. The average Bonchev–Trinajstić information content (AvgIpc) is 2.20. The second kappa shape index (κ2) is 5.34. The summed E-state index contributed by atoms with van der Waals surface area (Å²) < 4.78 is 0.486. The van der Waals surface area contributed by atoms with E-state index >= 15 is 0 Å². The molecule has 0 aliphatic rings. The molecule has 0 aromatic carbocycles. The van der Waals surface area contributed by atoms with Gasteiger partial charge in [-0.3, -0.25) is 4.84 Å². The first-order chi connectivity index (χ1) is 7.15. The summed E-state index contributed by atoms with van der Waals surface area (Å²) in [5, 5.41) is 8.68. The van der Waals surface area contributed by atoms with Crippen LogP contribution in [0.25, 0.3) is 0 Å². The van der Waals surface area contributed by atoms with Gasteiger partial charge < -0.3 is 5.11 Å². The first kappa shape index (κ1) is 11.5. The van der Waals surface area contributed by atoms with Crippen LogP contribution in [0.4, 0.5) is 5.82 Å². The molecule has 5 nitrogen and oxygen atoms in total. The zero-order valence-electron chi connectivity index (χ0n) is 7.53. The van der Waals surface area contributed by atoms with Crippen molar-refractivity contribution >= 4 is 27.7 Å². The molecule has 0 amide bonds. The van der Waals surface area contributed by atoms with Crippen LogP contribution < -0.4 is 5.48 Å². The van der Waals surface area contributed by atoms with Gasteiger partial charge in [-0.1, -0.05) is 5.92 Å². The summed E-state index contributed by atoms with van der Waals surface area (Å²) >= 11 is 3.15. The van der Waals surface area contributed by atoms with E-state index < -0.39 is 5.97 Å². The molecule has 1 rings (SSSR count). The predicted octanol–water partition coefficient (Wildman–Crippen LogP) is 1.52. The number of rotatable bonds is 4. The Balaban J connectivity index is 2.76. The molecule has 0 unspecified atom stereocenters. The molecule has 0 saturated heterocycles. The molecule has 0 fully saturated rings. The van der Waals surface area contributed by atoms with Gasteiger partial charge >= 0.3 is 5.97 Å². The normalized spacial score (nSPS) is 9.33. The highest BCUT2D eigenvalue weighted by molar-refractivity contribution is 9.10. The van der Waals surface area contributed by atoms with Crippen molar-refractivity contribution in [2.75, 3.05) is 12.1 Å². The fourth-order valence-electron chi connectivity index (χ4n) is 0.776. The molecule has 0 aliphatic carbocycles. The van der Waals surface area contributed by atoms with Crippen molar-refractivity contribution in [2.24, 2.45) is 0 Å². The Morgan fingerprint density at radius 2 is 2.53 bits per heavy atom. The van der Waals surface area contributed by atoms with Crippen LogP contribution in [0, 0.1) is 12.3 Å².